The number of alkyl halides is 3. The van der Waals surface area contributed by atoms with Crippen molar-refractivity contribution in [2.75, 3.05) is 64.4 Å². The van der Waals surface area contributed by atoms with Crippen LogP contribution in [0.15, 0.2) is 46.9 Å². The highest BCUT2D eigenvalue weighted by molar-refractivity contribution is 5.94. The summed E-state index contributed by atoms with van der Waals surface area (Å²) in [5.74, 6) is 0.478. The first-order valence-electron chi connectivity index (χ1n) is 14.1. The van der Waals surface area contributed by atoms with Crippen LogP contribution in [0.3, 0.4) is 0 Å². The van der Waals surface area contributed by atoms with Crippen molar-refractivity contribution >= 4 is 23.5 Å². The number of carbonyl (C=O) groups is 1. The van der Waals surface area contributed by atoms with Crippen molar-refractivity contribution in [3.63, 3.8) is 0 Å². The molecule has 222 valence electrons. The van der Waals surface area contributed by atoms with Crippen LogP contribution in [0.5, 0.6) is 0 Å². The molecule has 1 aromatic carbocycles. The molecule has 12 heteroatoms. The molecule has 0 spiro atoms. The Morgan fingerprint density at radius 1 is 1.15 bits per heavy atom. The number of carbonyl (C=O) groups excluding carboxylic acids is 1. The first-order valence-corrected chi connectivity index (χ1v) is 14.1. The summed E-state index contributed by atoms with van der Waals surface area (Å²) < 4.78 is 47.6. The third-order valence-electron chi connectivity index (χ3n) is 7.93. The van der Waals surface area contributed by atoms with Gasteiger partial charge in [0.2, 0.25) is 5.91 Å². The zero-order valence-electron chi connectivity index (χ0n) is 23.5. The SMILES string of the molecule is C=CC(=O)N1CCN(/C2=N/C(OC[C@H]3CCCN3C)=N\CCN(c3ccccc3C(F)(F)F)CCC2)CC1CC#N. The van der Waals surface area contributed by atoms with E-state index in [0.29, 0.717) is 58.0 Å². The van der Waals surface area contributed by atoms with Gasteiger partial charge in [0.1, 0.15) is 12.4 Å². The molecule has 0 bridgehead atoms. The predicted octanol–water partition coefficient (Wildman–Crippen LogP) is 3.78. The number of hydrogen-bond donors (Lipinski definition) is 0. The summed E-state index contributed by atoms with van der Waals surface area (Å²) in [6, 6.07) is 7.93. The molecule has 1 amide bonds. The number of amidine groups is 2. The second-order valence-corrected chi connectivity index (χ2v) is 10.6. The lowest BCUT2D eigenvalue weighted by Gasteiger charge is -2.41. The molecule has 0 N–H and O–H groups in total. The number of halogens is 3. The van der Waals surface area contributed by atoms with Gasteiger partial charge >= 0.3 is 12.2 Å². The first-order chi connectivity index (χ1) is 19.7. The molecule has 2 fully saturated rings. The van der Waals surface area contributed by atoms with Gasteiger partial charge in [0, 0.05) is 50.9 Å². The largest absolute Gasteiger partial charge is 0.462 e. The maximum Gasteiger partial charge on any atom is 0.418 e. The van der Waals surface area contributed by atoms with Crippen LogP contribution in [0.1, 0.15) is 37.7 Å². The standard InChI is InChI=1S/C29H38F3N7O2/c1-3-27(40)39-19-18-38(20-22(39)12-13-33)26-11-7-16-37(25-10-5-4-9-24(25)29(30,31)32)17-14-34-28(35-26)41-21-23-8-6-15-36(23)2/h3-5,9-10,22-23H,1,6-8,11-12,14-21H2,2H3/b34-28+,35-26+/t22?,23-/m1/s1. The van der Waals surface area contributed by atoms with E-state index in [0.717, 1.165) is 25.5 Å². The summed E-state index contributed by atoms with van der Waals surface area (Å²) in [5, 5.41) is 9.40. The van der Waals surface area contributed by atoms with Crippen LogP contribution in [0.25, 0.3) is 0 Å². The summed E-state index contributed by atoms with van der Waals surface area (Å²) >= 11 is 0. The number of likely N-dealkylation sites (N-methyl/N-ethyl adjacent to an activating group) is 1. The number of amides is 1. The van der Waals surface area contributed by atoms with Gasteiger partial charge in [-0.25, -0.2) is 4.99 Å². The molecule has 0 aromatic heterocycles. The van der Waals surface area contributed by atoms with E-state index in [4.69, 9.17) is 9.73 Å². The smallest absolute Gasteiger partial charge is 0.418 e. The zero-order chi connectivity index (χ0) is 29.4. The van der Waals surface area contributed by atoms with Crippen molar-refractivity contribution in [3.05, 3.63) is 42.5 Å². The molecular formula is C29H38F3N7O2. The Morgan fingerprint density at radius 2 is 1.95 bits per heavy atom. The van der Waals surface area contributed by atoms with Crippen molar-refractivity contribution in [3.8, 4) is 6.07 Å². The Balaban J connectivity index is 1.59. The molecule has 2 atom stereocenters. The van der Waals surface area contributed by atoms with E-state index in [9.17, 15) is 23.2 Å². The van der Waals surface area contributed by atoms with E-state index < -0.39 is 11.7 Å². The summed E-state index contributed by atoms with van der Waals surface area (Å²) in [5.41, 5.74) is -0.534. The molecule has 4 rings (SSSR count). The number of benzene rings is 1. The maximum absolute atomic E-state index is 13.8. The number of hydrogen-bond acceptors (Lipinski definition) is 8. The molecule has 41 heavy (non-hydrogen) atoms. The highest BCUT2D eigenvalue weighted by atomic mass is 19.4. The van der Waals surface area contributed by atoms with Crippen LogP contribution >= 0.6 is 0 Å². The van der Waals surface area contributed by atoms with E-state index in [-0.39, 0.29) is 42.7 Å². The van der Waals surface area contributed by atoms with E-state index in [1.54, 1.807) is 15.9 Å². The minimum absolute atomic E-state index is 0.134. The fourth-order valence-electron chi connectivity index (χ4n) is 5.68. The van der Waals surface area contributed by atoms with E-state index in [1.807, 2.05) is 4.90 Å². The lowest BCUT2D eigenvalue weighted by atomic mass is 10.1. The van der Waals surface area contributed by atoms with Gasteiger partial charge in [-0.3, -0.25) is 4.79 Å². The van der Waals surface area contributed by atoms with Gasteiger partial charge in [-0.05, 0) is 51.1 Å². The van der Waals surface area contributed by atoms with Gasteiger partial charge in [-0.15, -0.1) is 0 Å². The molecule has 9 nitrogen and oxygen atoms in total. The molecule has 3 aliphatic rings. The minimum Gasteiger partial charge on any atom is -0.462 e. The third kappa shape index (κ3) is 7.79. The molecule has 0 saturated carbocycles. The topological polar surface area (TPSA) is 87.8 Å². The van der Waals surface area contributed by atoms with Crippen LogP contribution in [0, 0.1) is 11.3 Å². The second-order valence-electron chi connectivity index (χ2n) is 10.6. The van der Waals surface area contributed by atoms with Crippen LogP contribution in [-0.2, 0) is 15.7 Å². The Morgan fingerprint density at radius 3 is 2.66 bits per heavy atom. The fourth-order valence-corrected chi connectivity index (χ4v) is 5.68. The highest BCUT2D eigenvalue weighted by Gasteiger charge is 2.35. The van der Waals surface area contributed by atoms with E-state index in [1.165, 1.54) is 18.2 Å². The number of rotatable bonds is 5. The lowest BCUT2D eigenvalue weighted by Crippen LogP contribution is -2.56. The number of aliphatic imine (C=N–C) groups is 2. The fraction of sp³-hybridized carbons (Fsp3) is 0.586. The molecule has 1 aromatic rings. The molecular weight excluding hydrogens is 535 g/mol. The van der Waals surface area contributed by atoms with Crippen molar-refractivity contribution in [2.45, 2.75) is 50.4 Å². The first kappa shape index (κ1) is 30.4. The van der Waals surface area contributed by atoms with Gasteiger partial charge in [0.05, 0.1) is 30.6 Å². The number of ether oxygens (including phenoxy) is 1. The van der Waals surface area contributed by atoms with Gasteiger partial charge in [-0.1, -0.05) is 18.7 Å². The Kier molecular flexibility index (Phi) is 10.3. The Hall–Kier alpha value is -3.59. The molecule has 1 unspecified atom stereocenters. The number of piperazine rings is 1. The second kappa shape index (κ2) is 13.9. The third-order valence-corrected chi connectivity index (χ3v) is 7.93. The number of anilines is 1. The Labute approximate surface area is 239 Å². The van der Waals surface area contributed by atoms with Crippen molar-refractivity contribution in [2.24, 2.45) is 9.98 Å². The normalized spacial score (nSPS) is 25.5. The van der Waals surface area contributed by atoms with E-state index in [2.05, 4.69) is 29.6 Å². The summed E-state index contributed by atoms with van der Waals surface area (Å²) in [4.78, 5) is 29.5. The molecule has 0 aliphatic carbocycles. The van der Waals surface area contributed by atoms with Crippen molar-refractivity contribution < 1.29 is 22.7 Å². The van der Waals surface area contributed by atoms with Gasteiger partial charge in [0.15, 0.2) is 0 Å². The average Bonchev–Trinajstić information content (AvgIpc) is 3.38. The quantitative estimate of drug-likeness (QED) is 0.499. The number of likely N-dealkylation sites (tertiary alicyclic amines) is 1. The average molecular weight is 574 g/mol. The zero-order valence-corrected chi connectivity index (χ0v) is 23.5. The summed E-state index contributed by atoms with van der Waals surface area (Å²) in [6.07, 6.45) is 0.0829. The van der Waals surface area contributed by atoms with Gasteiger partial charge in [-0.2, -0.15) is 23.4 Å². The molecule has 3 heterocycles. The number of nitriles is 1. The van der Waals surface area contributed by atoms with Crippen LogP contribution in [-0.4, -0.2) is 104 Å². The lowest BCUT2D eigenvalue weighted by molar-refractivity contribution is -0.137. The van der Waals surface area contributed by atoms with Crippen molar-refractivity contribution in [1.29, 1.82) is 5.26 Å². The van der Waals surface area contributed by atoms with Crippen LogP contribution in [0.2, 0.25) is 0 Å². The Bertz CT molecular complexity index is 1180. The predicted molar refractivity (Wildman–Crippen MR) is 152 cm³/mol. The van der Waals surface area contributed by atoms with Gasteiger partial charge < -0.3 is 24.3 Å². The summed E-state index contributed by atoms with van der Waals surface area (Å²) in [6.45, 7) is 7.21. The van der Waals surface area contributed by atoms with E-state index >= 15 is 0 Å². The highest BCUT2D eigenvalue weighted by Crippen LogP contribution is 2.36. The van der Waals surface area contributed by atoms with Crippen molar-refractivity contribution in [1.82, 2.24) is 14.7 Å². The van der Waals surface area contributed by atoms with Crippen LogP contribution in [0.4, 0.5) is 18.9 Å². The maximum atomic E-state index is 13.8. The van der Waals surface area contributed by atoms with Crippen LogP contribution < -0.4 is 4.90 Å². The monoisotopic (exact) mass is 573 g/mol. The minimum atomic E-state index is -4.47. The molecule has 2 saturated heterocycles. The summed E-state index contributed by atoms with van der Waals surface area (Å²) in [7, 11) is 2.06. The molecule has 0 radical (unpaired) electrons. The molecule has 3 aliphatic heterocycles. The number of nitrogens with zero attached hydrogens (tertiary/aromatic N) is 7. The number of para-hydroxylation sites is 1. The van der Waals surface area contributed by atoms with Gasteiger partial charge in [0.25, 0.3) is 0 Å².